The lowest BCUT2D eigenvalue weighted by Crippen LogP contribution is -2.18. The molecule has 0 heterocycles. The van der Waals surface area contributed by atoms with Crippen LogP contribution in [0.5, 0.6) is 0 Å². The number of hydrogen-bond acceptors (Lipinski definition) is 3. The van der Waals surface area contributed by atoms with Crippen LogP contribution in [-0.4, -0.2) is 14.3 Å². The standard InChI is InChI=1S/C16H17ClN2O3S/c1-9-7-12(8-15(10(9)2)23(18,21)22)16(20)19-14-6-4-5-13(17)11(14)3/h4-8H,1-3H3,(H,19,20)(H2,18,21,22). The quantitative estimate of drug-likeness (QED) is 0.889. The minimum absolute atomic E-state index is 0.0505. The summed E-state index contributed by atoms with van der Waals surface area (Å²) in [5, 5.41) is 8.48. The Hall–Kier alpha value is -1.89. The number of amides is 1. The number of nitrogens with two attached hydrogens (primary N) is 1. The fraction of sp³-hybridized carbons (Fsp3) is 0.188. The van der Waals surface area contributed by atoms with Crippen molar-refractivity contribution in [3.63, 3.8) is 0 Å². The van der Waals surface area contributed by atoms with Crippen LogP contribution in [0.2, 0.25) is 5.02 Å². The molecule has 0 saturated carbocycles. The Morgan fingerprint density at radius 1 is 1.13 bits per heavy atom. The Morgan fingerprint density at radius 3 is 2.39 bits per heavy atom. The van der Waals surface area contributed by atoms with Crippen LogP contribution in [0.3, 0.4) is 0 Å². The third-order valence-electron chi connectivity index (χ3n) is 3.70. The topological polar surface area (TPSA) is 89.3 Å². The summed E-state index contributed by atoms with van der Waals surface area (Å²) in [4.78, 5) is 12.4. The molecule has 1 amide bonds. The van der Waals surface area contributed by atoms with Gasteiger partial charge >= 0.3 is 0 Å². The number of halogens is 1. The molecule has 0 aromatic heterocycles. The molecule has 0 saturated heterocycles. The van der Waals surface area contributed by atoms with E-state index < -0.39 is 15.9 Å². The first-order valence-corrected chi connectivity index (χ1v) is 8.74. The summed E-state index contributed by atoms with van der Waals surface area (Å²) in [7, 11) is -3.90. The summed E-state index contributed by atoms with van der Waals surface area (Å²) in [5.74, 6) is -0.427. The second-order valence-electron chi connectivity index (χ2n) is 5.33. The molecule has 122 valence electrons. The lowest BCUT2D eigenvalue weighted by molar-refractivity contribution is 0.102. The average Bonchev–Trinajstić information content (AvgIpc) is 2.45. The van der Waals surface area contributed by atoms with Crippen molar-refractivity contribution in [2.75, 3.05) is 5.32 Å². The van der Waals surface area contributed by atoms with Crippen molar-refractivity contribution in [3.8, 4) is 0 Å². The predicted octanol–water partition coefficient (Wildman–Crippen LogP) is 3.16. The van der Waals surface area contributed by atoms with Gasteiger partial charge in [0.25, 0.3) is 5.91 Å². The molecular formula is C16H17ClN2O3S. The lowest BCUT2D eigenvalue weighted by atomic mass is 10.1. The molecule has 0 radical (unpaired) electrons. The van der Waals surface area contributed by atoms with Gasteiger partial charge in [0.15, 0.2) is 0 Å². The van der Waals surface area contributed by atoms with E-state index in [9.17, 15) is 13.2 Å². The molecule has 3 N–H and O–H groups in total. The molecule has 0 unspecified atom stereocenters. The van der Waals surface area contributed by atoms with Crippen LogP contribution >= 0.6 is 11.6 Å². The van der Waals surface area contributed by atoms with Crippen LogP contribution < -0.4 is 10.5 Å². The number of benzene rings is 2. The fourth-order valence-electron chi connectivity index (χ4n) is 2.19. The van der Waals surface area contributed by atoms with Gasteiger partial charge in [-0.3, -0.25) is 4.79 Å². The van der Waals surface area contributed by atoms with E-state index in [-0.39, 0.29) is 10.5 Å². The summed E-state index contributed by atoms with van der Waals surface area (Å²) in [6.07, 6.45) is 0. The molecule has 5 nitrogen and oxygen atoms in total. The third-order valence-corrected chi connectivity index (χ3v) is 5.15. The van der Waals surface area contributed by atoms with E-state index in [0.717, 1.165) is 5.56 Å². The van der Waals surface area contributed by atoms with E-state index in [0.29, 0.717) is 21.8 Å². The number of carbonyl (C=O) groups excluding carboxylic acids is 1. The van der Waals surface area contributed by atoms with Gasteiger partial charge in [-0.15, -0.1) is 0 Å². The molecule has 0 aliphatic heterocycles. The van der Waals surface area contributed by atoms with Gasteiger partial charge < -0.3 is 5.32 Å². The Morgan fingerprint density at radius 2 is 1.78 bits per heavy atom. The van der Waals surface area contributed by atoms with Crippen molar-refractivity contribution in [2.45, 2.75) is 25.7 Å². The molecule has 2 aromatic carbocycles. The number of primary sulfonamides is 1. The van der Waals surface area contributed by atoms with Crippen molar-refractivity contribution in [3.05, 3.63) is 57.6 Å². The minimum atomic E-state index is -3.90. The van der Waals surface area contributed by atoms with Gasteiger partial charge in [0.2, 0.25) is 10.0 Å². The highest BCUT2D eigenvalue weighted by Gasteiger charge is 2.18. The smallest absolute Gasteiger partial charge is 0.255 e. The predicted molar refractivity (Wildman–Crippen MR) is 91.4 cm³/mol. The number of nitrogens with one attached hydrogen (secondary N) is 1. The number of sulfonamides is 1. The third kappa shape index (κ3) is 3.72. The number of hydrogen-bond donors (Lipinski definition) is 2. The molecule has 0 aliphatic rings. The maximum atomic E-state index is 12.4. The zero-order valence-electron chi connectivity index (χ0n) is 13.0. The van der Waals surface area contributed by atoms with Gasteiger partial charge in [0, 0.05) is 16.3 Å². The minimum Gasteiger partial charge on any atom is -0.322 e. The van der Waals surface area contributed by atoms with E-state index >= 15 is 0 Å². The van der Waals surface area contributed by atoms with Gasteiger partial charge in [0.05, 0.1) is 4.90 Å². The molecule has 0 spiro atoms. The van der Waals surface area contributed by atoms with E-state index in [1.54, 1.807) is 45.0 Å². The molecule has 0 bridgehead atoms. The van der Waals surface area contributed by atoms with E-state index in [1.165, 1.54) is 6.07 Å². The highest BCUT2D eigenvalue weighted by Crippen LogP contribution is 2.25. The number of anilines is 1. The van der Waals surface area contributed by atoms with Gasteiger partial charge in [-0.2, -0.15) is 0 Å². The Kier molecular flexibility index (Phi) is 4.79. The van der Waals surface area contributed by atoms with Crippen LogP contribution in [0.4, 0.5) is 5.69 Å². The molecule has 2 rings (SSSR count). The summed E-state index contributed by atoms with van der Waals surface area (Å²) in [6, 6.07) is 8.08. The largest absolute Gasteiger partial charge is 0.322 e. The number of aryl methyl sites for hydroxylation is 1. The Labute approximate surface area is 140 Å². The second-order valence-corrected chi connectivity index (χ2v) is 7.26. The van der Waals surface area contributed by atoms with Crippen molar-refractivity contribution in [1.29, 1.82) is 0 Å². The second kappa shape index (κ2) is 6.31. The fourth-order valence-corrected chi connectivity index (χ4v) is 3.24. The van der Waals surface area contributed by atoms with Crippen molar-refractivity contribution < 1.29 is 13.2 Å². The van der Waals surface area contributed by atoms with Crippen LogP contribution in [0, 0.1) is 20.8 Å². The lowest BCUT2D eigenvalue weighted by Gasteiger charge is -2.12. The van der Waals surface area contributed by atoms with Crippen LogP contribution in [0.15, 0.2) is 35.2 Å². The van der Waals surface area contributed by atoms with Gasteiger partial charge in [0.1, 0.15) is 0 Å². The Bertz CT molecular complexity index is 892. The molecule has 0 aliphatic carbocycles. The molecule has 7 heteroatoms. The van der Waals surface area contributed by atoms with E-state index in [1.807, 2.05) is 0 Å². The van der Waals surface area contributed by atoms with Crippen molar-refractivity contribution >= 4 is 33.2 Å². The zero-order valence-corrected chi connectivity index (χ0v) is 14.5. The maximum Gasteiger partial charge on any atom is 0.255 e. The summed E-state index contributed by atoms with van der Waals surface area (Å²) in [5.41, 5.74) is 2.72. The Balaban J connectivity index is 2.44. The van der Waals surface area contributed by atoms with E-state index in [2.05, 4.69) is 5.32 Å². The SMILES string of the molecule is Cc1cc(C(=O)Nc2cccc(Cl)c2C)cc(S(N)(=O)=O)c1C. The van der Waals surface area contributed by atoms with Crippen molar-refractivity contribution in [1.82, 2.24) is 0 Å². The number of carbonyl (C=O) groups is 1. The normalized spacial score (nSPS) is 11.3. The monoisotopic (exact) mass is 352 g/mol. The zero-order chi connectivity index (χ0) is 17.4. The van der Waals surface area contributed by atoms with Crippen LogP contribution in [0.1, 0.15) is 27.0 Å². The highest BCUT2D eigenvalue weighted by atomic mass is 35.5. The summed E-state index contributed by atoms with van der Waals surface area (Å²) >= 11 is 6.03. The van der Waals surface area contributed by atoms with E-state index in [4.69, 9.17) is 16.7 Å². The maximum absolute atomic E-state index is 12.4. The van der Waals surface area contributed by atoms with Crippen LogP contribution in [-0.2, 0) is 10.0 Å². The number of rotatable bonds is 3. The molecule has 0 atom stereocenters. The summed E-state index contributed by atoms with van der Waals surface area (Å²) in [6.45, 7) is 5.16. The van der Waals surface area contributed by atoms with Crippen molar-refractivity contribution in [2.24, 2.45) is 5.14 Å². The first-order chi connectivity index (χ1) is 10.6. The molecular weight excluding hydrogens is 336 g/mol. The van der Waals surface area contributed by atoms with Gasteiger partial charge in [-0.1, -0.05) is 17.7 Å². The summed E-state index contributed by atoms with van der Waals surface area (Å²) < 4.78 is 23.3. The average molecular weight is 353 g/mol. The van der Waals surface area contributed by atoms with Gasteiger partial charge in [-0.25, -0.2) is 13.6 Å². The first-order valence-electron chi connectivity index (χ1n) is 6.81. The van der Waals surface area contributed by atoms with Gasteiger partial charge in [-0.05, 0) is 61.7 Å². The molecule has 23 heavy (non-hydrogen) atoms. The highest BCUT2D eigenvalue weighted by molar-refractivity contribution is 7.89. The molecule has 2 aromatic rings. The van der Waals surface area contributed by atoms with Crippen LogP contribution in [0.25, 0.3) is 0 Å². The first kappa shape index (κ1) is 17.5. The molecule has 0 fully saturated rings.